The summed E-state index contributed by atoms with van der Waals surface area (Å²) in [6, 6.07) is 0. The zero-order valence-corrected chi connectivity index (χ0v) is 12.2. The first-order chi connectivity index (χ1) is 8.66. The number of carboxylic acids is 1. The number of carboxylic acid groups (broad SMARTS) is 1. The van der Waals surface area contributed by atoms with E-state index in [9.17, 15) is 9.59 Å². The molecule has 0 aromatic carbocycles. The highest BCUT2D eigenvalue weighted by atomic mass is 16.4. The Morgan fingerprint density at radius 3 is 2.21 bits per heavy atom. The van der Waals surface area contributed by atoms with Crippen LogP contribution in [0.1, 0.15) is 58.8 Å². The van der Waals surface area contributed by atoms with Crippen LogP contribution in [-0.4, -0.2) is 40.0 Å². The minimum Gasteiger partial charge on any atom is -0.481 e. The zero-order chi connectivity index (χ0) is 14.7. The Bertz CT molecular complexity index is 341. The molecule has 5 heteroatoms. The van der Waals surface area contributed by atoms with Crippen molar-refractivity contribution in [3.05, 3.63) is 0 Å². The maximum absolute atomic E-state index is 12.3. The quantitative estimate of drug-likeness (QED) is 0.797. The molecule has 110 valence electrons. The second kappa shape index (κ2) is 5.90. The van der Waals surface area contributed by atoms with Gasteiger partial charge in [0.1, 0.15) is 0 Å². The molecule has 0 aromatic rings. The van der Waals surface area contributed by atoms with Crippen LogP contribution in [0.15, 0.2) is 0 Å². The van der Waals surface area contributed by atoms with E-state index >= 15 is 0 Å². The standard InChI is InChI=1S/C14H26N2O3/c1-13(2,15)9-11(17)16(3)14(10-12(18)19)7-5-4-6-8-14/h4-10,15H2,1-3H3,(H,18,19). The smallest absolute Gasteiger partial charge is 0.305 e. The first kappa shape index (κ1) is 16.0. The van der Waals surface area contributed by atoms with Crippen molar-refractivity contribution in [2.45, 2.75) is 69.9 Å². The van der Waals surface area contributed by atoms with Gasteiger partial charge in [-0.1, -0.05) is 19.3 Å². The summed E-state index contributed by atoms with van der Waals surface area (Å²) >= 11 is 0. The van der Waals surface area contributed by atoms with Crippen molar-refractivity contribution >= 4 is 11.9 Å². The molecule has 5 nitrogen and oxygen atoms in total. The van der Waals surface area contributed by atoms with Crippen LogP contribution in [0.5, 0.6) is 0 Å². The molecule has 19 heavy (non-hydrogen) atoms. The minimum atomic E-state index is -0.839. The fourth-order valence-electron chi connectivity index (χ4n) is 2.90. The Labute approximate surface area is 115 Å². The van der Waals surface area contributed by atoms with Crippen molar-refractivity contribution in [3.8, 4) is 0 Å². The monoisotopic (exact) mass is 270 g/mol. The van der Waals surface area contributed by atoms with Gasteiger partial charge in [-0.2, -0.15) is 0 Å². The third-order valence-corrected chi connectivity index (χ3v) is 3.96. The van der Waals surface area contributed by atoms with E-state index in [4.69, 9.17) is 10.8 Å². The van der Waals surface area contributed by atoms with Crippen LogP contribution >= 0.6 is 0 Å². The van der Waals surface area contributed by atoms with Crippen molar-refractivity contribution in [3.63, 3.8) is 0 Å². The number of carbonyl (C=O) groups is 2. The first-order valence-electron chi connectivity index (χ1n) is 6.94. The SMILES string of the molecule is CN(C(=O)CC(C)(C)N)C1(CC(=O)O)CCCCC1. The van der Waals surface area contributed by atoms with Gasteiger partial charge in [0.05, 0.1) is 12.0 Å². The molecule has 0 aromatic heterocycles. The molecule has 0 aliphatic heterocycles. The van der Waals surface area contributed by atoms with Crippen LogP contribution in [0.2, 0.25) is 0 Å². The van der Waals surface area contributed by atoms with Crippen molar-refractivity contribution in [1.82, 2.24) is 4.90 Å². The maximum atomic E-state index is 12.3. The number of hydrogen-bond acceptors (Lipinski definition) is 3. The summed E-state index contributed by atoms with van der Waals surface area (Å²) in [6.45, 7) is 3.62. The van der Waals surface area contributed by atoms with E-state index in [0.717, 1.165) is 32.1 Å². The van der Waals surface area contributed by atoms with Crippen molar-refractivity contribution < 1.29 is 14.7 Å². The Morgan fingerprint density at radius 1 is 1.26 bits per heavy atom. The fourth-order valence-corrected chi connectivity index (χ4v) is 2.90. The van der Waals surface area contributed by atoms with Gasteiger partial charge in [0.15, 0.2) is 0 Å². The number of carbonyl (C=O) groups excluding carboxylic acids is 1. The number of nitrogens with zero attached hydrogens (tertiary/aromatic N) is 1. The molecule has 0 heterocycles. The Morgan fingerprint density at radius 2 is 1.79 bits per heavy atom. The van der Waals surface area contributed by atoms with Crippen LogP contribution < -0.4 is 5.73 Å². The lowest BCUT2D eigenvalue weighted by Gasteiger charge is -2.44. The third kappa shape index (κ3) is 4.49. The van der Waals surface area contributed by atoms with Crippen LogP contribution in [-0.2, 0) is 9.59 Å². The number of hydrogen-bond donors (Lipinski definition) is 2. The third-order valence-electron chi connectivity index (χ3n) is 3.96. The Kier molecular flexibility index (Phi) is 4.96. The predicted molar refractivity (Wildman–Crippen MR) is 73.7 cm³/mol. The molecule has 0 radical (unpaired) electrons. The molecule has 1 rings (SSSR count). The molecule has 0 spiro atoms. The summed E-state index contributed by atoms with van der Waals surface area (Å²) in [5, 5.41) is 9.13. The molecule has 3 N–H and O–H groups in total. The van der Waals surface area contributed by atoms with Gasteiger partial charge in [-0.3, -0.25) is 9.59 Å². The number of nitrogens with two attached hydrogens (primary N) is 1. The topological polar surface area (TPSA) is 83.6 Å². The largest absolute Gasteiger partial charge is 0.481 e. The predicted octanol–water partition coefficient (Wildman–Crippen LogP) is 1.75. The van der Waals surface area contributed by atoms with Gasteiger partial charge in [-0.15, -0.1) is 0 Å². The summed E-state index contributed by atoms with van der Waals surface area (Å²) < 4.78 is 0. The van der Waals surface area contributed by atoms with E-state index in [1.807, 2.05) is 13.8 Å². The van der Waals surface area contributed by atoms with E-state index in [2.05, 4.69) is 0 Å². The first-order valence-corrected chi connectivity index (χ1v) is 6.94. The maximum Gasteiger partial charge on any atom is 0.305 e. The number of rotatable bonds is 5. The van der Waals surface area contributed by atoms with Crippen LogP contribution in [0.4, 0.5) is 0 Å². The van der Waals surface area contributed by atoms with Gasteiger partial charge in [-0.25, -0.2) is 0 Å². The lowest BCUT2D eigenvalue weighted by atomic mass is 9.77. The molecule has 0 saturated heterocycles. The summed E-state index contributed by atoms with van der Waals surface area (Å²) in [5.41, 5.74) is 4.80. The van der Waals surface area contributed by atoms with Crippen molar-refractivity contribution in [1.29, 1.82) is 0 Å². The Balaban J connectivity index is 2.84. The van der Waals surface area contributed by atoms with E-state index in [1.165, 1.54) is 0 Å². The Hall–Kier alpha value is -1.10. The lowest BCUT2D eigenvalue weighted by molar-refractivity contribution is -0.146. The molecule has 0 atom stereocenters. The van der Waals surface area contributed by atoms with Gasteiger partial charge >= 0.3 is 5.97 Å². The summed E-state index contributed by atoms with van der Waals surface area (Å²) in [7, 11) is 1.72. The summed E-state index contributed by atoms with van der Waals surface area (Å²) in [5.74, 6) is -0.899. The second-order valence-electron chi connectivity index (χ2n) is 6.47. The summed E-state index contributed by atoms with van der Waals surface area (Å²) in [6.07, 6.45) is 4.89. The second-order valence-corrected chi connectivity index (χ2v) is 6.47. The van der Waals surface area contributed by atoms with Crippen LogP contribution in [0.3, 0.4) is 0 Å². The molecule has 1 amide bonds. The average molecular weight is 270 g/mol. The highest BCUT2D eigenvalue weighted by Crippen LogP contribution is 2.36. The van der Waals surface area contributed by atoms with Gasteiger partial charge in [-0.05, 0) is 26.7 Å². The number of amides is 1. The molecule has 0 bridgehead atoms. The van der Waals surface area contributed by atoms with Crippen molar-refractivity contribution in [2.24, 2.45) is 5.73 Å². The molecule has 1 saturated carbocycles. The van der Waals surface area contributed by atoms with Gasteiger partial charge < -0.3 is 15.7 Å². The molecule has 1 aliphatic carbocycles. The summed E-state index contributed by atoms with van der Waals surface area (Å²) in [4.78, 5) is 25.1. The highest BCUT2D eigenvalue weighted by molar-refractivity contribution is 5.79. The molecule has 0 unspecified atom stereocenters. The van der Waals surface area contributed by atoms with E-state index in [-0.39, 0.29) is 18.7 Å². The van der Waals surface area contributed by atoms with Gasteiger partial charge in [0.25, 0.3) is 0 Å². The lowest BCUT2D eigenvalue weighted by Crippen LogP contribution is -2.53. The zero-order valence-electron chi connectivity index (χ0n) is 12.2. The number of aliphatic carboxylic acids is 1. The minimum absolute atomic E-state index is 0.0280. The fraction of sp³-hybridized carbons (Fsp3) is 0.857. The van der Waals surface area contributed by atoms with Crippen LogP contribution in [0, 0.1) is 0 Å². The van der Waals surface area contributed by atoms with Crippen LogP contribution in [0.25, 0.3) is 0 Å². The molecular weight excluding hydrogens is 244 g/mol. The van der Waals surface area contributed by atoms with E-state index in [0.29, 0.717) is 0 Å². The molecule has 1 fully saturated rings. The van der Waals surface area contributed by atoms with Crippen molar-refractivity contribution in [2.75, 3.05) is 7.05 Å². The van der Waals surface area contributed by atoms with E-state index in [1.54, 1.807) is 11.9 Å². The van der Waals surface area contributed by atoms with E-state index < -0.39 is 17.0 Å². The average Bonchev–Trinajstić information content (AvgIpc) is 2.26. The molecular formula is C14H26N2O3. The van der Waals surface area contributed by atoms with Gasteiger partial charge in [0.2, 0.25) is 5.91 Å². The normalized spacial score (nSPS) is 18.9. The van der Waals surface area contributed by atoms with Gasteiger partial charge in [0, 0.05) is 19.0 Å². The molecule has 1 aliphatic rings. The highest BCUT2D eigenvalue weighted by Gasteiger charge is 2.40.